The van der Waals surface area contributed by atoms with Gasteiger partial charge in [-0.1, -0.05) is 65.7 Å². The molecule has 1 atom stereocenters. The molecule has 0 aliphatic heterocycles. The lowest BCUT2D eigenvalue weighted by atomic mass is 9.94. The molecule has 0 aromatic heterocycles. The largest absolute Gasteiger partial charge is 0.489 e. The normalized spacial score (nSPS) is 15.5. The van der Waals surface area contributed by atoms with Crippen LogP contribution in [-0.2, 0) is 22.1 Å². The molecule has 10 heteroatoms. The van der Waals surface area contributed by atoms with Crippen LogP contribution in [-0.4, -0.2) is 33.6 Å². The zero-order chi connectivity index (χ0) is 29.0. The summed E-state index contributed by atoms with van der Waals surface area (Å²) in [7, 11) is -4.72. The first kappa shape index (κ1) is 20.3. The van der Waals surface area contributed by atoms with E-state index in [0.29, 0.717) is 17.2 Å². The van der Waals surface area contributed by atoms with Gasteiger partial charge in [0.1, 0.15) is 12.4 Å². The predicted octanol–water partition coefficient (Wildman–Crippen LogP) is 4.80. The van der Waals surface area contributed by atoms with Gasteiger partial charge in [-0.15, -0.1) is 0 Å². The van der Waals surface area contributed by atoms with E-state index in [1.165, 1.54) is 11.8 Å². The lowest BCUT2D eigenvalue weighted by molar-refractivity contribution is 0.102. The van der Waals surface area contributed by atoms with Gasteiger partial charge in [-0.2, -0.15) is 0 Å². The number of phosphoric ester groups is 1. The second-order valence-corrected chi connectivity index (χ2v) is 10.3. The number of ether oxygens (including phenoxy) is 1. The van der Waals surface area contributed by atoms with Crippen LogP contribution in [0.4, 0.5) is 0 Å². The van der Waals surface area contributed by atoms with Crippen LogP contribution in [0, 0.1) is 0 Å². The Balaban J connectivity index is 1.65. The number of hydrogen-bond acceptors (Lipinski definition) is 6. The summed E-state index contributed by atoms with van der Waals surface area (Å²) in [4.78, 5) is 19.4. The minimum atomic E-state index is -4.72. The maximum absolute atomic E-state index is 11.0. The van der Waals surface area contributed by atoms with Crippen molar-refractivity contribution in [1.82, 2.24) is 0 Å². The van der Waals surface area contributed by atoms with Crippen molar-refractivity contribution < 1.29 is 35.6 Å². The molecule has 182 valence electrons. The minimum absolute atomic E-state index is 0.0671. The molecule has 3 aromatic rings. The van der Waals surface area contributed by atoms with Gasteiger partial charge in [0, 0.05) is 14.8 Å². The smallest absolute Gasteiger partial charge is 0.469 e. The minimum Gasteiger partial charge on any atom is -0.489 e. The van der Waals surface area contributed by atoms with Crippen LogP contribution in [0.25, 0.3) is 0 Å². The number of benzene rings is 3. The lowest BCUT2D eigenvalue weighted by Crippen LogP contribution is -2.48. The summed E-state index contributed by atoms with van der Waals surface area (Å²) in [6.07, 6.45) is 0.509. The van der Waals surface area contributed by atoms with Crippen LogP contribution >= 0.6 is 31.2 Å². The van der Waals surface area contributed by atoms with Crippen molar-refractivity contribution in [3.63, 3.8) is 0 Å². The average Bonchev–Trinajstić information content (AvgIpc) is 2.89. The Morgan fingerprint density at radius 1 is 1.12 bits per heavy atom. The number of halogens is 1. The molecule has 0 amide bonds. The summed E-state index contributed by atoms with van der Waals surface area (Å²) in [6.45, 7) is -1.25. The van der Waals surface area contributed by atoms with Gasteiger partial charge < -0.3 is 25.4 Å². The van der Waals surface area contributed by atoms with E-state index in [-0.39, 0.29) is 30.7 Å². The number of phosphoric acid groups is 1. The van der Waals surface area contributed by atoms with Crippen LogP contribution in [0.3, 0.4) is 0 Å². The second kappa shape index (κ2) is 12.2. The van der Waals surface area contributed by atoms with Crippen LogP contribution in [0.5, 0.6) is 5.75 Å². The van der Waals surface area contributed by atoms with Gasteiger partial charge in [0.25, 0.3) is 0 Å². The van der Waals surface area contributed by atoms with Crippen molar-refractivity contribution in [1.29, 1.82) is 0 Å². The molecule has 0 radical (unpaired) electrons. The predicted molar refractivity (Wildman–Crippen MR) is 133 cm³/mol. The first-order chi connectivity index (χ1) is 18.2. The fourth-order valence-electron chi connectivity index (χ4n) is 2.85. The molecule has 0 bridgehead atoms. The number of aryl methyl sites for hydroxylation is 1. The monoisotopic (exact) mass is 528 g/mol. The summed E-state index contributed by atoms with van der Waals surface area (Å²) in [5.41, 5.74) is 5.47. The maximum atomic E-state index is 11.0. The van der Waals surface area contributed by atoms with Crippen molar-refractivity contribution in [2.45, 2.75) is 34.8 Å². The molecule has 3 rings (SSSR count). The molecule has 5 N–H and O–H groups in total. The van der Waals surface area contributed by atoms with Crippen molar-refractivity contribution in [3.8, 4) is 5.75 Å². The quantitative estimate of drug-likeness (QED) is 0.247. The Bertz CT molecular complexity index is 1370. The molecule has 7 nitrogen and oxygen atoms in total. The highest BCUT2D eigenvalue weighted by Gasteiger charge is 2.28. The number of hydrogen-bond donors (Lipinski definition) is 4. The highest BCUT2D eigenvalue weighted by molar-refractivity contribution is 7.99. The van der Waals surface area contributed by atoms with E-state index in [2.05, 4.69) is 4.52 Å². The summed E-state index contributed by atoms with van der Waals surface area (Å²) in [5.74, 6) is 0.454. The van der Waals surface area contributed by atoms with Crippen LogP contribution in [0.2, 0.25) is 5.02 Å². The van der Waals surface area contributed by atoms with Crippen LogP contribution in [0.1, 0.15) is 24.4 Å². The third-order valence-electron chi connectivity index (χ3n) is 4.73. The zero-order valence-corrected chi connectivity index (χ0v) is 20.4. The van der Waals surface area contributed by atoms with Gasteiger partial charge in [0.15, 0.2) is 0 Å². The van der Waals surface area contributed by atoms with Crippen molar-refractivity contribution in [3.05, 3.63) is 88.8 Å². The molecule has 34 heavy (non-hydrogen) atoms. The Labute approximate surface area is 215 Å². The highest BCUT2D eigenvalue weighted by atomic mass is 35.5. The van der Waals surface area contributed by atoms with Gasteiger partial charge in [-0.25, -0.2) is 4.57 Å². The number of aliphatic hydroxyl groups is 1. The Hall–Kier alpha value is -1.87. The highest BCUT2D eigenvalue weighted by Crippen LogP contribution is 2.37. The molecule has 0 aliphatic rings. The molecule has 0 heterocycles. The van der Waals surface area contributed by atoms with Crippen molar-refractivity contribution >= 4 is 31.2 Å². The number of aliphatic hydroxyl groups excluding tert-OH is 1. The van der Waals surface area contributed by atoms with E-state index < -0.39 is 44.7 Å². The summed E-state index contributed by atoms with van der Waals surface area (Å²) >= 11 is 7.86. The van der Waals surface area contributed by atoms with E-state index in [0.717, 1.165) is 15.4 Å². The summed E-state index contributed by atoms with van der Waals surface area (Å²) in [5, 5.41) is 10.0. The Morgan fingerprint density at radius 2 is 1.85 bits per heavy atom. The summed E-state index contributed by atoms with van der Waals surface area (Å²) < 4.78 is 60.5. The van der Waals surface area contributed by atoms with Gasteiger partial charge in [0.05, 0.1) is 25.6 Å². The second-order valence-electron chi connectivity index (χ2n) is 7.51. The molecular weight excluding hydrogens is 497 g/mol. The maximum Gasteiger partial charge on any atom is 0.469 e. The van der Waals surface area contributed by atoms with E-state index in [9.17, 15) is 9.67 Å². The molecular formula is C24H27ClNO6PS. The lowest BCUT2D eigenvalue weighted by Gasteiger charge is -2.27. The van der Waals surface area contributed by atoms with Crippen molar-refractivity contribution in [2.75, 3.05) is 13.2 Å². The van der Waals surface area contributed by atoms with Gasteiger partial charge in [-0.05, 0) is 54.3 Å². The standard InChI is InChI=1S/C24H27ClNO6PS/c25-23-14-22(10-9-19(23)11-12-24(26,16-27)17-32-33(28,29)30)34-21-8-4-7-20(13-21)31-15-18-5-2-1-3-6-18/h1-10,13-14,27H,11-12,15-17,26H2,(H2,28,29,30)/i1D,2D,3D,5D,6D. The Morgan fingerprint density at radius 3 is 2.53 bits per heavy atom. The molecule has 1 unspecified atom stereocenters. The summed E-state index contributed by atoms with van der Waals surface area (Å²) in [6, 6.07) is 10.6. The molecule has 0 aliphatic carbocycles. The SMILES string of the molecule is [2H]c1c([2H])c([2H])c(COc2cccc(Sc3ccc(CCC(N)(CO)COP(=O)(O)O)c(Cl)c3)c2)c([2H])c1[2H]. The molecule has 0 saturated carbocycles. The zero-order valence-electron chi connectivity index (χ0n) is 23.0. The number of rotatable bonds is 12. The third-order valence-corrected chi connectivity index (χ3v) is 6.52. The topological polar surface area (TPSA) is 122 Å². The number of nitrogens with two attached hydrogens (primary N) is 1. The average molecular weight is 529 g/mol. The molecule has 0 spiro atoms. The third kappa shape index (κ3) is 8.73. The van der Waals surface area contributed by atoms with E-state index in [1.54, 1.807) is 30.3 Å². The van der Waals surface area contributed by atoms with Gasteiger partial charge in [0.2, 0.25) is 0 Å². The van der Waals surface area contributed by atoms with Gasteiger partial charge >= 0.3 is 7.82 Å². The molecule has 0 fully saturated rings. The first-order valence-electron chi connectivity index (χ1n) is 12.6. The molecule has 0 saturated heterocycles. The Kier molecular flexibility index (Phi) is 7.30. The van der Waals surface area contributed by atoms with Crippen LogP contribution in [0.15, 0.2) is 82.5 Å². The van der Waals surface area contributed by atoms with Crippen molar-refractivity contribution in [2.24, 2.45) is 5.73 Å². The van der Waals surface area contributed by atoms with E-state index in [4.69, 9.17) is 38.7 Å². The molecule has 3 aromatic carbocycles. The first-order valence-corrected chi connectivity index (χ1v) is 12.8. The fraction of sp³-hybridized carbons (Fsp3) is 0.250. The van der Waals surface area contributed by atoms with Gasteiger partial charge in [-0.3, -0.25) is 4.52 Å². The van der Waals surface area contributed by atoms with E-state index in [1.807, 2.05) is 12.1 Å². The fourth-order valence-corrected chi connectivity index (χ4v) is 4.53. The van der Waals surface area contributed by atoms with Crippen LogP contribution < -0.4 is 10.5 Å². The van der Waals surface area contributed by atoms with E-state index >= 15 is 0 Å².